The summed E-state index contributed by atoms with van der Waals surface area (Å²) in [6.45, 7) is 12.8. The molecule has 0 saturated heterocycles. The van der Waals surface area contributed by atoms with Crippen LogP contribution in [0.5, 0.6) is 0 Å². The summed E-state index contributed by atoms with van der Waals surface area (Å²) in [6.07, 6.45) is 4.48. The first-order chi connectivity index (χ1) is 28.0. The molecule has 6 heteroatoms. The molecule has 0 amide bonds. The van der Waals surface area contributed by atoms with Crippen molar-refractivity contribution >= 4 is 53.7 Å². The molecule has 284 valence electrons. The number of pyridine rings is 4. The number of fused-ring (bicyclic) bond motifs is 6. The minimum absolute atomic E-state index is 0.700. The molecule has 0 bridgehead atoms. The third kappa shape index (κ3) is 6.53. The largest absolute Gasteiger partial charge is 0.437 e. The van der Waals surface area contributed by atoms with E-state index in [2.05, 4.69) is 190 Å². The molecule has 10 rings (SSSR count). The zero-order valence-corrected chi connectivity index (χ0v) is 35.1. The first-order valence-corrected chi connectivity index (χ1v) is 20.6. The molecule has 0 spiro atoms. The molecule has 0 fully saturated rings. The Morgan fingerprint density at radius 2 is 0.966 bits per heavy atom. The van der Waals surface area contributed by atoms with Crippen LogP contribution in [0.2, 0.25) is 0 Å². The number of hydrogen-bond acceptors (Lipinski definition) is 4. The lowest BCUT2D eigenvalue weighted by Gasteiger charge is -2.10. The lowest BCUT2D eigenvalue weighted by Crippen LogP contribution is -2.31. The van der Waals surface area contributed by atoms with E-state index in [-0.39, 0.29) is 0 Å². The molecule has 0 aliphatic carbocycles. The van der Waals surface area contributed by atoms with Gasteiger partial charge in [-0.25, -0.2) is 19.1 Å². The fourth-order valence-electron chi connectivity index (χ4n) is 8.29. The van der Waals surface area contributed by atoms with Crippen molar-refractivity contribution in [3.63, 3.8) is 0 Å². The molecule has 0 atom stereocenters. The summed E-state index contributed by atoms with van der Waals surface area (Å²) in [5, 5.41) is 4.71. The average Bonchev–Trinajstić information content (AvgIpc) is 3.77. The summed E-state index contributed by atoms with van der Waals surface area (Å²) in [7, 11) is 4.25. The summed E-state index contributed by atoms with van der Waals surface area (Å²) in [4.78, 5) is 10.5. The molecule has 6 aromatic heterocycles. The number of nitrogens with zero attached hydrogens (tertiary/aromatic N) is 4. The van der Waals surface area contributed by atoms with Crippen molar-refractivity contribution in [2.24, 2.45) is 14.1 Å². The van der Waals surface area contributed by atoms with Gasteiger partial charge in [-0.15, -0.1) is 11.3 Å². The Balaban J connectivity index is 0.000000150. The van der Waals surface area contributed by atoms with Crippen LogP contribution in [0.4, 0.5) is 0 Å². The molecule has 0 radical (unpaired) electrons. The van der Waals surface area contributed by atoms with Gasteiger partial charge in [0.05, 0.1) is 11.1 Å². The number of benzene rings is 4. The second-order valence-corrected chi connectivity index (χ2v) is 16.5. The van der Waals surface area contributed by atoms with Gasteiger partial charge in [0, 0.05) is 72.0 Å². The van der Waals surface area contributed by atoms with Crippen LogP contribution in [-0.2, 0) is 14.1 Å². The molecule has 0 aliphatic rings. The monoisotopic (exact) mass is 774 g/mol. The SMILES string of the molecule is Cc1ccc2c(n1)oc1c(-c3c[n+](C)c(-c4ccccc4C)cc3C)cccc12.Cc1ccc2c(n1)sc1c(-c3c[n+](C)c(-c4ccccc4C)cc3C)cccc12. The van der Waals surface area contributed by atoms with E-state index >= 15 is 0 Å². The normalized spacial score (nSPS) is 11.4. The van der Waals surface area contributed by atoms with E-state index in [1.807, 2.05) is 13.0 Å². The van der Waals surface area contributed by atoms with Crippen LogP contribution >= 0.6 is 11.3 Å². The Labute approximate surface area is 343 Å². The van der Waals surface area contributed by atoms with Crippen molar-refractivity contribution in [1.29, 1.82) is 0 Å². The number of furan rings is 1. The standard InChI is InChI=1S/C26H23N2O.C26H23N2S/c2*1-16-8-5-6-9-19(16)24-14-17(2)23(15-28(24)4)21-11-7-10-20-22-13-12-18(3)27-26(22)29-25(20)21/h2*5-15H,1-4H3/q2*+1. The van der Waals surface area contributed by atoms with E-state index in [1.165, 1.54) is 76.9 Å². The lowest BCUT2D eigenvalue weighted by atomic mass is 9.97. The van der Waals surface area contributed by atoms with Gasteiger partial charge in [0.1, 0.15) is 24.5 Å². The van der Waals surface area contributed by atoms with Crippen LogP contribution in [0.3, 0.4) is 0 Å². The topological polar surface area (TPSA) is 46.7 Å². The van der Waals surface area contributed by atoms with Crippen LogP contribution in [0.25, 0.3) is 87.1 Å². The fourth-order valence-corrected chi connectivity index (χ4v) is 9.53. The van der Waals surface area contributed by atoms with Gasteiger partial charge in [-0.1, -0.05) is 72.8 Å². The zero-order valence-electron chi connectivity index (χ0n) is 34.3. The fraction of sp³-hybridized carbons (Fsp3) is 0.154. The Morgan fingerprint density at radius 3 is 1.59 bits per heavy atom. The Hall–Kier alpha value is -6.50. The van der Waals surface area contributed by atoms with Crippen LogP contribution in [0.1, 0.15) is 33.6 Å². The number of aromatic nitrogens is 4. The number of aryl methyl sites for hydroxylation is 8. The second-order valence-electron chi connectivity index (χ2n) is 15.5. The minimum atomic E-state index is 0.700. The van der Waals surface area contributed by atoms with Gasteiger partial charge in [0.2, 0.25) is 17.1 Å². The molecule has 4 aromatic carbocycles. The predicted molar refractivity (Wildman–Crippen MR) is 241 cm³/mol. The van der Waals surface area contributed by atoms with E-state index in [9.17, 15) is 0 Å². The molecule has 6 heterocycles. The van der Waals surface area contributed by atoms with Crippen LogP contribution in [0, 0.1) is 41.5 Å². The van der Waals surface area contributed by atoms with E-state index in [0.717, 1.165) is 38.1 Å². The van der Waals surface area contributed by atoms with E-state index in [1.54, 1.807) is 11.3 Å². The summed E-state index contributed by atoms with van der Waals surface area (Å²) >= 11 is 1.79. The van der Waals surface area contributed by atoms with Gasteiger partial charge < -0.3 is 4.42 Å². The zero-order chi connectivity index (χ0) is 40.2. The maximum atomic E-state index is 6.23. The highest BCUT2D eigenvalue weighted by atomic mass is 32.1. The molecule has 0 N–H and O–H groups in total. The Kier molecular flexibility index (Phi) is 9.45. The van der Waals surface area contributed by atoms with Gasteiger partial charge in [0.25, 0.3) is 0 Å². The molecule has 0 aliphatic heterocycles. The van der Waals surface area contributed by atoms with Crippen molar-refractivity contribution < 1.29 is 13.6 Å². The van der Waals surface area contributed by atoms with Gasteiger partial charge in [0.15, 0.2) is 12.4 Å². The molecule has 0 unspecified atom stereocenters. The van der Waals surface area contributed by atoms with Gasteiger partial charge in [-0.3, -0.25) is 0 Å². The van der Waals surface area contributed by atoms with E-state index in [4.69, 9.17) is 9.40 Å². The van der Waals surface area contributed by atoms with Gasteiger partial charge >= 0.3 is 0 Å². The average molecular weight is 775 g/mol. The molecular formula is C52H46N4OS+2. The van der Waals surface area contributed by atoms with Gasteiger partial charge in [-0.05, 0) is 100 Å². The molecule has 0 saturated carbocycles. The molecule has 10 aromatic rings. The quantitative estimate of drug-likeness (QED) is 0.167. The van der Waals surface area contributed by atoms with Crippen molar-refractivity contribution in [3.8, 4) is 44.8 Å². The molecule has 58 heavy (non-hydrogen) atoms. The number of para-hydroxylation sites is 1. The van der Waals surface area contributed by atoms with Crippen molar-refractivity contribution in [2.45, 2.75) is 41.5 Å². The second kappa shape index (κ2) is 14.8. The van der Waals surface area contributed by atoms with Crippen LogP contribution < -0.4 is 9.13 Å². The van der Waals surface area contributed by atoms with Gasteiger partial charge in [-0.2, -0.15) is 0 Å². The van der Waals surface area contributed by atoms with E-state index < -0.39 is 0 Å². The Morgan fingerprint density at radius 1 is 0.448 bits per heavy atom. The maximum absolute atomic E-state index is 6.23. The maximum Gasteiger partial charge on any atom is 0.227 e. The number of thiophene rings is 1. The lowest BCUT2D eigenvalue weighted by molar-refractivity contribution is -0.660. The highest BCUT2D eigenvalue weighted by Crippen LogP contribution is 2.41. The molecular weight excluding hydrogens is 729 g/mol. The molecule has 5 nitrogen and oxygen atoms in total. The number of hydrogen-bond donors (Lipinski definition) is 0. The van der Waals surface area contributed by atoms with Crippen molar-refractivity contribution in [2.75, 3.05) is 0 Å². The Bertz CT molecular complexity index is 3010. The first kappa shape index (κ1) is 37.1. The predicted octanol–water partition coefficient (Wildman–Crippen LogP) is 12.6. The highest BCUT2D eigenvalue weighted by molar-refractivity contribution is 7.26. The van der Waals surface area contributed by atoms with Crippen molar-refractivity contribution in [3.05, 3.63) is 167 Å². The number of rotatable bonds is 4. The van der Waals surface area contributed by atoms with Crippen molar-refractivity contribution in [1.82, 2.24) is 9.97 Å². The summed E-state index contributed by atoms with van der Waals surface area (Å²) in [5.41, 5.74) is 18.5. The third-order valence-electron chi connectivity index (χ3n) is 11.4. The van der Waals surface area contributed by atoms with E-state index in [0.29, 0.717) is 5.71 Å². The smallest absolute Gasteiger partial charge is 0.227 e. The highest BCUT2D eigenvalue weighted by Gasteiger charge is 2.21. The van der Waals surface area contributed by atoms with Crippen LogP contribution in [-0.4, -0.2) is 9.97 Å². The summed E-state index contributed by atoms with van der Waals surface area (Å²) < 4.78 is 12.0. The summed E-state index contributed by atoms with van der Waals surface area (Å²) in [6, 6.07) is 43.1. The summed E-state index contributed by atoms with van der Waals surface area (Å²) in [5.74, 6) is 0. The minimum Gasteiger partial charge on any atom is -0.437 e. The van der Waals surface area contributed by atoms with Crippen LogP contribution in [0.15, 0.2) is 138 Å². The third-order valence-corrected chi connectivity index (χ3v) is 12.5. The first-order valence-electron chi connectivity index (χ1n) is 19.8.